The van der Waals surface area contributed by atoms with Crippen molar-refractivity contribution < 1.29 is 9.21 Å². The van der Waals surface area contributed by atoms with Crippen LogP contribution in [0.5, 0.6) is 0 Å². The van der Waals surface area contributed by atoms with Crippen LogP contribution in [-0.4, -0.2) is 47.1 Å². The third kappa shape index (κ3) is 4.36. The number of aliphatic imine (C=N–C) groups is 1. The molecule has 5 nitrogen and oxygen atoms in total. The van der Waals surface area contributed by atoms with E-state index in [0.717, 1.165) is 31.3 Å². The third-order valence-electron chi connectivity index (χ3n) is 5.61. The molecule has 0 unspecified atom stereocenters. The van der Waals surface area contributed by atoms with Gasteiger partial charge >= 0.3 is 0 Å². The van der Waals surface area contributed by atoms with Crippen LogP contribution in [0.1, 0.15) is 22.9 Å². The number of rotatable bonds is 4. The van der Waals surface area contributed by atoms with Gasteiger partial charge in [0.25, 0.3) is 5.91 Å². The van der Waals surface area contributed by atoms with Crippen LogP contribution < -0.4 is 0 Å². The van der Waals surface area contributed by atoms with E-state index in [1.165, 1.54) is 22.9 Å². The smallest absolute Gasteiger partial charge is 0.286 e. The van der Waals surface area contributed by atoms with Gasteiger partial charge < -0.3 is 9.32 Å². The lowest BCUT2D eigenvalue weighted by molar-refractivity contribution is -0.113. The summed E-state index contributed by atoms with van der Waals surface area (Å²) in [6.45, 7) is 3.48. The lowest BCUT2D eigenvalue weighted by Gasteiger charge is -2.40. The number of furan rings is 1. The third-order valence-corrected chi connectivity index (χ3v) is 6.65. The van der Waals surface area contributed by atoms with Crippen LogP contribution in [-0.2, 0) is 4.79 Å². The van der Waals surface area contributed by atoms with Gasteiger partial charge in [0.1, 0.15) is 5.76 Å². The molecule has 0 N–H and O–H groups in total. The monoisotopic (exact) mass is 429 g/mol. The Morgan fingerprint density at radius 3 is 2.10 bits per heavy atom. The highest BCUT2D eigenvalue weighted by atomic mass is 32.2. The van der Waals surface area contributed by atoms with Crippen molar-refractivity contribution in [3.8, 4) is 0 Å². The minimum Gasteiger partial charge on any atom is -0.465 e. The van der Waals surface area contributed by atoms with Crippen molar-refractivity contribution in [1.82, 2.24) is 9.80 Å². The molecule has 0 bridgehead atoms. The number of carbonyl (C=O) groups is 1. The molecule has 2 aliphatic rings. The molecule has 31 heavy (non-hydrogen) atoms. The molecule has 156 valence electrons. The first-order chi connectivity index (χ1) is 15.3. The normalized spacial score (nSPS) is 18.7. The van der Waals surface area contributed by atoms with Gasteiger partial charge in [-0.2, -0.15) is 4.99 Å². The van der Waals surface area contributed by atoms with Crippen molar-refractivity contribution in [2.24, 2.45) is 4.99 Å². The number of carbonyl (C=O) groups excluding carboxylic acids is 1. The summed E-state index contributed by atoms with van der Waals surface area (Å²) in [5.41, 5.74) is 2.60. The van der Waals surface area contributed by atoms with Crippen LogP contribution in [0.15, 0.2) is 93.4 Å². The van der Waals surface area contributed by atoms with E-state index >= 15 is 0 Å². The number of thioether (sulfide) groups is 1. The molecule has 0 atom stereocenters. The fourth-order valence-corrected chi connectivity index (χ4v) is 5.04. The fourth-order valence-electron chi connectivity index (χ4n) is 4.09. The number of hydrogen-bond donors (Lipinski definition) is 0. The first kappa shape index (κ1) is 19.8. The number of benzene rings is 2. The number of nitrogens with zero attached hydrogens (tertiary/aromatic N) is 3. The Morgan fingerprint density at radius 1 is 0.871 bits per heavy atom. The van der Waals surface area contributed by atoms with E-state index in [9.17, 15) is 4.79 Å². The first-order valence-electron chi connectivity index (χ1n) is 10.4. The molecular weight excluding hydrogens is 406 g/mol. The molecule has 0 saturated carbocycles. The molecule has 6 heteroatoms. The number of hydrogen-bond acceptors (Lipinski definition) is 5. The highest BCUT2D eigenvalue weighted by Gasteiger charge is 2.31. The highest BCUT2D eigenvalue weighted by molar-refractivity contribution is 8.18. The average Bonchev–Trinajstić information content (AvgIpc) is 3.46. The van der Waals surface area contributed by atoms with E-state index in [2.05, 4.69) is 75.5 Å². The molecule has 2 aromatic carbocycles. The van der Waals surface area contributed by atoms with Gasteiger partial charge in [-0.25, -0.2) is 0 Å². The molecule has 1 amide bonds. The summed E-state index contributed by atoms with van der Waals surface area (Å²) in [5.74, 6) is 0.482. The number of amides is 1. The van der Waals surface area contributed by atoms with E-state index in [4.69, 9.17) is 4.42 Å². The molecule has 2 aliphatic heterocycles. The summed E-state index contributed by atoms with van der Waals surface area (Å²) in [7, 11) is 0. The van der Waals surface area contributed by atoms with Gasteiger partial charge in [0.15, 0.2) is 5.17 Å². The second kappa shape index (κ2) is 8.96. The van der Waals surface area contributed by atoms with E-state index in [1.54, 1.807) is 12.3 Å². The van der Waals surface area contributed by atoms with Crippen molar-refractivity contribution in [3.63, 3.8) is 0 Å². The molecule has 1 saturated heterocycles. The summed E-state index contributed by atoms with van der Waals surface area (Å²) in [4.78, 5) is 22.0. The Kier molecular flexibility index (Phi) is 5.74. The van der Waals surface area contributed by atoms with Crippen molar-refractivity contribution in [2.75, 3.05) is 26.2 Å². The average molecular weight is 430 g/mol. The van der Waals surface area contributed by atoms with Crippen LogP contribution in [0.25, 0.3) is 6.08 Å². The maximum Gasteiger partial charge on any atom is 0.286 e. The molecule has 3 heterocycles. The van der Waals surface area contributed by atoms with E-state index < -0.39 is 0 Å². The Bertz CT molecular complexity index is 1050. The Labute approximate surface area is 186 Å². The highest BCUT2D eigenvalue weighted by Crippen LogP contribution is 2.33. The number of piperazine rings is 1. The fraction of sp³-hybridized carbons (Fsp3) is 0.200. The largest absolute Gasteiger partial charge is 0.465 e. The maximum atomic E-state index is 12.3. The van der Waals surface area contributed by atoms with Gasteiger partial charge in [0.2, 0.25) is 0 Å². The summed E-state index contributed by atoms with van der Waals surface area (Å²) >= 11 is 1.43. The lowest BCUT2D eigenvalue weighted by Crippen LogP contribution is -2.49. The Morgan fingerprint density at radius 2 is 1.52 bits per heavy atom. The molecule has 0 aliphatic carbocycles. The van der Waals surface area contributed by atoms with Gasteiger partial charge in [-0.3, -0.25) is 9.69 Å². The van der Waals surface area contributed by atoms with Crippen molar-refractivity contribution >= 4 is 28.9 Å². The van der Waals surface area contributed by atoms with Crippen LogP contribution in [0, 0.1) is 0 Å². The predicted molar refractivity (Wildman–Crippen MR) is 125 cm³/mol. The molecule has 5 rings (SSSR count). The summed E-state index contributed by atoms with van der Waals surface area (Å²) in [5, 5.41) is 0.790. The molecule has 3 aromatic rings. The molecule has 1 aromatic heterocycles. The van der Waals surface area contributed by atoms with Crippen molar-refractivity contribution in [2.45, 2.75) is 6.04 Å². The summed E-state index contributed by atoms with van der Waals surface area (Å²) in [6, 6.07) is 25.2. The summed E-state index contributed by atoms with van der Waals surface area (Å²) < 4.78 is 5.34. The van der Waals surface area contributed by atoms with Crippen LogP contribution in [0.4, 0.5) is 0 Å². The topological polar surface area (TPSA) is 49.1 Å². The van der Waals surface area contributed by atoms with Gasteiger partial charge in [-0.15, -0.1) is 0 Å². The zero-order valence-corrected chi connectivity index (χ0v) is 17.9. The molecule has 0 radical (unpaired) electrons. The number of amidine groups is 1. The first-order valence-corrected chi connectivity index (χ1v) is 11.2. The lowest BCUT2D eigenvalue weighted by atomic mass is 9.96. The minimum atomic E-state index is -0.190. The SMILES string of the molecule is O=C1N=C(N2CCN(C(c3ccccc3)c3ccccc3)CC2)SC1=Cc1ccco1. The predicted octanol–water partition coefficient (Wildman–Crippen LogP) is 4.66. The van der Waals surface area contributed by atoms with Crippen LogP contribution >= 0.6 is 11.8 Å². The zero-order valence-electron chi connectivity index (χ0n) is 17.1. The zero-order chi connectivity index (χ0) is 21.0. The Hall–Kier alpha value is -3.09. The second-order valence-electron chi connectivity index (χ2n) is 7.57. The van der Waals surface area contributed by atoms with Crippen LogP contribution in [0.3, 0.4) is 0 Å². The minimum absolute atomic E-state index is 0.190. The van der Waals surface area contributed by atoms with Crippen molar-refractivity contribution in [3.05, 3.63) is 101 Å². The second-order valence-corrected chi connectivity index (χ2v) is 8.58. The Balaban J connectivity index is 1.29. The summed E-state index contributed by atoms with van der Waals surface area (Å²) in [6.07, 6.45) is 3.37. The van der Waals surface area contributed by atoms with E-state index in [0.29, 0.717) is 10.7 Å². The molecule has 1 fully saturated rings. The standard InChI is InChI=1S/C25H23N3O2S/c29-24-22(18-21-12-7-17-30-21)31-25(26-24)28-15-13-27(14-16-28)23(19-8-3-1-4-9-19)20-10-5-2-6-11-20/h1-12,17-18,23H,13-16H2. The quantitative estimate of drug-likeness (QED) is 0.565. The van der Waals surface area contributed by atoms with Crippen LogP contribution in [0.2, 0.25) is 0 Å². The maximum absolute atomic E-state index is 12.3. The molecular formula is C25H23N3O2S. The van der Waals surface area contributed by atoms with Gasteiger partial charge in [0.05, 0.1) is 17.2 Å². The van der Waals surface area contributed by atoms with E-state index in [-0.39, 0.29) is 11.9 Å². The van der Waals surface area contributed by atoms with Crippen molar-refractivity contribution in [1.29, 1.82) is 0 Å². The van der Waals surface area contributed by atoms with Gasteiger partial charge in [-0.05, 0) is 35.0 Å². The van der Waals surface area contributed by atoms with E-state index in [1.807, 2.05) is 12.1 Å². The van der Waals surface area contributed by atoms with Gasteiger partial charge in [-0.1, -0.05) is 60.7 Å². The van der Waals surface area contributed by atoms with Gasteiger partial charge in [0, 0.05) is 32.3 Å². The molecule has 0 spiro atoms.